The summed E-state index contributed by atoms with van der Waals surface area (Å²) in [5.74, 6) is 0. The van der Waals surface area contributed by atoms with Crippen LogP contribution in [-0.4, -0.2) is 135 Å². The lowest BCUT2D eigenvalue weighted by Gasteiger charge is -2.23. The summed E-state index contributed by atoms with van der Waals surface area (Å²) < 4.78 is 44.8. The average molecular weight is 707 g/mol. The van der Waals surface area contributed by atoms with Crippen molar-refractivity contribution in [2.75, 3.05) is 130 Å². The van der Waals surface area contributed by atoms with Crippen molar-refractivity contribution in [2.24, 2.45) is 10.2 Å². The molecule has 0 amide bonds. The molecule has 0 unspecified atom stereocenters. The Kier molecular flexibility index (Phi) is 22.6. The SMILES string of the molecule is CCN(CCCOCCOCCOCCOCCOCCOCCOCCOCCO)c1ccc(N=Nc2nc3c(C)cccc3s2)cc1. The molecular weight excluding hydrogens is 652 g/mol. The van der Waals surface area contributed by atoms with Gasteiger partial charge >= 0.3 is 0 Å². The lowest BCUT2D eigenvalue weighted by molar-refractivity contribution is -0.0238. The van der Waals surface area contributed by atoms with Crippen LogP contribution in [0.25, 0.3) is 10.2 Å². The lowest BCUT2D eigenvalue weighted by Crippen LogP contribution is -2.25. The van der Waals surface area contributed by atoms with Gasteiger partial charge in [-0.2, -0.15) is 0 Å². The Hall–Kier alpha value is -2.63. The van der Waals surface area contributed by atoms with Gasteiger partial charge in [0.2, 0.25) is 5.13 Å². The number of ether oxygens (including phenoxy) is 8. The second kappa shape index (κ2) is 27.1. The summed E-state index contributed by atoms with van der Waals surface area (Å²) in [7, 11) is 0. The van der Waals surface area contributed by atoms with E-state index < -0.39 is 0 Å². The third-order valence-corrected chi connectivity index (χ3v) is 7.92. The molecule has 0 saturated carbocycles. The average Bonchev–Trinajstić information content (AvgIpc) is 3.55. The van der Waals surface area contributed by atoms with E-state index in [0.717, 1.165) is 46.7 Å². The Morgan fingerprint density at radius 3 is 1.59 bits per heavy atom. The number of azo groups is 1. The summed E-state index contributed by atoms with van der Waals surface area (Å²) in [6.07, 6.45) is 0.925. The lowest BCUT2D eigenvalue weighted by atomic mass is 10.2. The van der Waals surface area contributed by atoms with Crippen LogP contribution in [0.2, 0.25) is 0 Å². The summed E-state index contributed by atoms with van der Waals surface area (Å²) >= 11 is 1.55. The van der Waals surface area contributed by atoms with Gasteiger partial charge in [0.05, 0.1) is 122 Å². The van der Waals surface area contributed by atoms with E-state index in [9.17, 15) is 0 Å². The fourth-order valence-electron chi connectivity index (χ4n) is 4.48. The fourth-order valence-corrected chi connectivity index (χ4v) is 5.35. The number of aliphatic hydroxyl groups is 1. The number of aliphatic hydroxyl groups excluding tert-OH is 1. The third-order valence-electron chi connectivity index (χ3n) is 7.01. The van der Waals surface area contributed by atoms with Gasteiger partial charge in [0, 0.05) is 25.4 Å². The highest BCUT2D eigenvalue weighted by Gasteiger charge is 2.06. The quantitative estimate of drug-likeness (QED) is 0.0685. The highest BCUT2D eigenvalue weighted by molar-refractivity contribution is 7.21. The van der Waals surface area contributed by atoms with Crippen LogP contribution >= 0.6 is 11.3 Å². The molecule has 0 spiro atoms. The van der Waals surface area contributed by atoms with Crippen LogP contribution in [0.4, 0.5) is 16.5 Å². The first kappa shape index (κ1) is 40.8. The minimum atomic E-state index is 0.0259. The Labute approximate surface area is 294 Å². The normalized spacial score (nSPS) is 11.7. The smallest absolute Gasteiger partial charge is 0.231 e. The molecule has 1 aromatic heterocycles. The van der Waals surface area contributed by atoms with Crippen LogP contribution in [0.1, 0.15) is 18.9 Å². The molecule has 0 fully saturated rings. The molecule has 0 bridgehead atoms. The van der Waals surface area contributed by atoms with E-state index in [-0.39, 0.29) is 6.61 Å². The predicted molar refractivity (Wildman–Crippen MR) is 191 cm³/mol. The first-order valence-corrected chi connectivity index (χ1v) is 17.9. The molecule has 1 N–H and O–H groups in total. The highest BCUT2D eigenvalue weighted by Crippen LogP contribution is 2.31. The first-order chi connectivity index (χ1) is 24.2. The van der Waals surface area contributed by atoms with Crippen molar-refractivity contribution in [3.8, 4) is 0 Å². The summed E-state index contributed by atoms with van der Waals surface area (Å²) in [5.41, 5.74) is 4.09. The Bertz CT molecular complexity index is 1270. The number of para-hydroxylation sites is 1. The number of aryl methyl sites for hydroxylation is 1. The van der Waals surface area contributed by atoms with Crippen molar-refractivity contribution < 1.29 is 43.0 Å². The summed E-state index contributed by atoms with van der Waals surface area (Å²) in [4.78, 5) is 6.92. The minimum absolute atomic E-state index is 0.0259. The van der Waals surface area contributed by atoms with Crippen molar-refractivity contribution in [1.82, 2.24) is 4.98 Å². The molecule has 274 valence electrons. The number of rotatable bonds is 31. The van der Waals surface area contributed by atoms with Crippen molar-refractivity contribution in [2.45, 2.75) is 20.3 Å². The van der Waals surface area contributed by atoms with E-state index >= 15 is 0 Å². The molecule has 49 heavy (non-hydrogen) atoms. The van der Waals surface area contributed by atoms with E-state index in [1.165, 1.54) is 0 Å². The van der Waals surface area contributed by atoms with Gasteiger partial charge in [0.1, 0.15) is 0 Å². The maximum absolute atomic E-state index is 8.60. The molecule has 0 aliphatic carbocycles. The molecule has 13 nitrogen and oxygen atoms in total. The molecule has 0 aliphatic rings. The fraction of sp³-hybridized carbons (Fsp3) is 0.629. The molecule has 3 aromatic rings. The molecule has 0 aliphatic heterocycles. The molecular formula is C35H54N4O9S. The van der Waals surface area contributed by atoms with E-state index in [4.69, 9.17) is 43.0 Å². The van der Waals surface area contributed by atoms with Crippen molar-refractivity contribution in [3.05, 3.63) is 48.0 Å². The van der Waals surface area contributed by atoms with E-state index in [0.29, 0.717) is 111 Å². The van der Waals surface area contributed by atoms with Gasteiger partial charge in [0.15, 0.2) is 0 Å². The van der Waals surface area contributed by atoms with E-state index in [2.05, 4.69) is 58.2 Å². The number of benzene rings is 2. The number of hydrogen-bond donors (Lipinski definition) is 1. The molecule has 14 heteroatoms. The second-order valence-corrected chi connectivity index (χ2v) is 11.7. The van der Waals surface area contributed by atoms with Gasteiger partial charge < -0.3 is 47.9 Å². The Balaban J connectivity index is 1.07. The zero-order chi connectivity index (χ0) is 34.6. The van der Waals surface area contributed by atoms with Crippen molar-refractivity contribution >= 4 is 38.1 Å². The van der Waals surface area contributed by atoms with Gasteiger partial charge in [-0.3, -0.25) is 0 Å². The topological polar surface area (TPSA) is 135 Å². The van der Waals surface area contributed by atoms with Crippen LogP contribution in [0.3, 0.4) is 0 Å². The molecule has 1 heterocycles. The van der Waals surface area contributed by atoms with E-state index in [1.807, 2.05) is 18.2 Å². The monoisotopic (exact) mass is 706 g/mol. The van der Waals surface area contributed by atoms with Gasteiger partial charge in [-0.05, 0) is 56.2 Å². The van der Waals surface area contributed by atoms with Crippen LogP contribution in [0.5, 0.6) is 0 Å². The van der Waals surface area contributed by atoms with Crippen LogP contribution < -0.4 is 4.90 Å². The maximum atomic E-state index is 8.60. The summed E-state index contributed by atoms with van der Waals surface area (Å²) in [6, 6.07) is 14.3. The number of aromatic nitrogens is 1. The molecule has 3 rings (SSSR count). The van der Waals surface area contributed by atoms with Gasteiger partial charge in [-0.25, -0.2) is 4.98 Å². The van der Waals surface area contributed by atoms with Gasteiger partial charge in [-0.1, -0.05) is 23.5 Å². The van der Waals surface area contributed by atoms with Gasteiger partial charge in [-0.15, -0.1) is 10.2 Å². The summed E-state index contributed by atoms with van der Waals surface area (Å²) in [6.45, 7) is 14.2. The van der Waals surface area contributed by atoms with Crippen LogP contribution in [0.15, 0.2) is 52.7 Å². The Morgan fingerprint density at radius 2 is 1.12 bits per heavy atom. The van der Waals surface area contributed by atoms with Crippen LogP contribution in [-0.2, 0) is 37.9 Å². The summed E-state index contributed by atoms with van der Waals surface area (Å²) in [5, 5.41) is 18.0. The van der Waals surface area contributed by atoms with Crippen molar-refractivity contribution in [1.29, 1.82) is 0 Å². The third kappa shape index (κ3) is 18.3. The number of thiazole rings is 1. The molecule has 0 atom stereocenters. The molecule has 2 aromatic carbocycles. The van der Waals surface area contributed by atoms with Crippen LogP contribution in [0, 0.1) is 6.92 Å². The van der Waals surface area contributed by atoms with Crippen molar-refractivity contribution in [3.63, 3.8) is 0 Å². The zero-order valence-electron chi connectivity index (χ0n) is 29.1. The Morgan fingerprint density at radius 1 is 0.633 bits per heavy atom. The second-order valence-electron chi connectivity index (χ2n) is 10.7. The highest BCUT2D eigenvalue weighted by atomic mass is 32.1. The number of fused-ring (bicyclic) bond motifs is 1. The first-order valence-electron chi connectivity index (χ1n) is 17.1. The standard InChI is InChI=1S/C35H54N4O9S/c1-3-39(32-10-8-31(9-11-32)37-38-35-36-34-30(2)6-4-7-33(34)49-35)12-5-14-41-16-18-43-20-22-45-24-26-47-28-29-48-27-25-46-23-21-44-19-17-42-15-13-40/h4,6-11,40H,3,5,12-29H2,1-2H3. The largest absolute Gasteiger partial charge is 0.394 e. The number of anilines is 1. The molecule has 0 saturated heterocycles. The minimum Gasteiger partial charge on any atom is -0.394 e. The predicted octanol–water partition coefficient (Wildman–Crippen LogP) is 5.36. The number of nitrogens with zero attached hydrogens (tertiary/aromatic N) is 4. The molecule has 0 radical (unpaired) electrons. The van der Waals surface area contributed by atoms with Gasteiger partial charge in [0.25, 0.3) is 0 Å². The number of hydrogen-bond acceptors (Lipinski definition) is 14. The maximum Gasteiger partial charge on any atom is 0.231 e. The zero-order valence-corrected chi connectivity index (χ0v) is 29.9. The van der Waals surface area contributed by atoms with E-state index in [1.54, 1.807) is 11.3 Å².